The Kier molecular flexibility index (Phi) is 7.37. The molecule has 2 N–H and O–H groups in total. The first-order valence-corrected chi connectivity index (χ1v) is 8.37. The van der Waals surface area contributed by atoms with Gasteiger partial charge in [0.25, 0.3) is 0 Å². The second-order valence-electron chi connectivity index (χ2n) is 5.59. The Hall–Kier alpha value is -2.64. The van der Waals surface area contributed by atoms with E-state index in [4.69, 9.17) is 4.74 Å². The summed E-state index contributed by atoms with van der Waals surface area (Å²) in [4.78, 5) is 4.48. The van der Waals surface area contributed by atoms with E-state index in [1.54, 1.807) is 12.1 Å². The van der Waals surface area contributed by atoms with E-state index in [0.717, 1.165) is 25.2 Å². The van der Waals surface area contributed by atoms with E-state index in [9.17, 15) is 13.2 Å². The Labute approximate surface area is 150 Å². The minimum absolute atomic E-state index is 0.187. The van der Waals surface area contributed by atoms with Gasteiger partial charge in [-0.3, -0.25) is 0 Å². The van der Waals surface area contributed by atoms with E-state index in [2.05, 4.69) is 20.2 Å². The topological polar surface area (TPSA) is 50.6 Å². The summed E-state index contributed by atoms with van der Waals surface area (Å²) in [6.45, 7) is 3.39. The fraction of sp³-hybridized carbons (Fsp3) is 0.389. The third-order valence-corrected chi connectivity index (χ3v) is 3.42. The number of nitrogens with zero attached hydrogens (tertiary/aromatic N) is 2. The highest BCUT2D eigenvalue weighted by molar-refractivity contribution is 5.79. The third-order valence-electron chi connectivity index (χ3n) is 3.42. The van der Waals surface area contributed by atoms with Crippen LogP contribution >= 0.6 is 0 Å². The van der Waals surface area contributed by atoms with E-state index in [0.29, 0.717) is 12.5 Å². The highest BCUT2D eigenvalue weighted by Crippen LogP contribution is 2.19. The molecule has 1 aromatic heterocycles. The second kappa shape index (κ2) is 9.74. The van der Waals surface area contributed by atoms with Crippen LogP contribution in [0.5, 0.6) is 5.75 Å². The molecule has 8 heteroatoms. The standard InChI is InChI=1S/C18H23F3N4O/c1-2-22-17(23-9-12-25-10-3-4-11-25)24-13-15-5-7-16(8-6-15)26-14-18(19,20)21/h3-8,10-11H,2,9,12-14H2,1H3,(H2,22,23,24). The molecule has 2 rings (SSSR count). The van der Waals surface area contributed by atoms with Gasteiger partial charge in [0.15, 0.2) is 12.6 Å². The van der Waals surface area contributed by atoms with Crippen LogP contribution < -0.4 is 15.4 Å². The molecule has 1 heterocycles. The van der Waals surface area contributed by atoms with Gasteiger partial charge in [0.05, 0.1) is 6.54 Å². The van der Waals surface area contributed by atoms with Gasteiger partial charge in [-0.15, -0.1) is 0 Å². The van der Waals surface area contributed by atoms with E-state index >= 15 is 0 Å². The monoisotopic (exact) mass is 368 g/mol. The maximum absolute atomic E-state index is 12.1. The van der Waals surface area contributed by atoms with Crippen LogP contribution in [0.15, 0.2) is 53.8 Å². The minimum Gasteiger partial charge on any atom is -0.484 e. The number of benzene rings is 1. The fourth-order valence-corrected chi connectivity index (χ4v) is 2.19. The first-order valence-electron chi connectivity index (χ1n) is 8.37. The van der Waals surface area contributed by atoms with Crippen molar-refractivity contribution in [2.24, 2.45) is 4.99 Å². The molecule has 0 aliphatic heterocycles. The highest BCUT2D eigenvalue weighted by Gasteiger charge is 2.28. The number of alkyl halides is 3. The van der Waals surface area contributed by atoms with Gasteiger partial charge >= 0.3 is 6.18 Å². The van der Waals surface area contributed by atoms with Crippen molar-refractivity contribution in [2.45, 2.75) is 26.2 Å². The highest BCUT2D eigenvalue weighted by atomic mass is 19.4. The summed E-state index contributed by atoms with van der Waals surface area (Å²) in [5.74, 6) is 0.879. The summed E-state index contributed by atoms with van der Waals surface area (Å²) in [7, 11) is 0. The first-order chi connectivity index (χ1) is 12.5. The molecule has 0 aliphatic rings. The molecule has 26 heavy (non-hydrogen) atoms. The molecule has 0 aliphatic carbocycles. The van der Waals surface area contributed by atoms with Crippen molar-refractivity contribution in [1.82, 2.24) is 15.2 Å². The molecular weight excluding hydrogens is 345 g/mol. The summed E-state index contributed by atoms with van der Waals surface area (Å²) in [5.41, 5.74) is 0.881. The number of hydrogen-bond acceptors (Lipinski definition) is 2. The predicted molar refractivity (Wildman–Crippen MR) is 95.2 cm³/mol. The zero-order valence-corrected chi connectivity index (χ0v) is 14.6. The van der Waals surface area contributed by atoms with E-state index in [1.807, 2.05) is 31.5 Å². The van der Waals surface area contributed by atoms with Gasteiger partial charge in [0.1, 0.15) is 5.75 Å². The molecule has 142 valence electrons. The molecular formula is C18H23F3N4O. The Morgan fingerprint density at radius 1 is 1.12 bits per heavy atom. The quantitative estimate of drug-likeness (QED) is 0.556. The molecule has 0 amide bonds. The molecule has 0 atom stereocenters. The summed E-state index contributed by atoms with van der Waals surface area (Å²) >= 11 is 0. The second-order valence-corrected chi connectivity index (χ2v) is 5.59. The summed E-state index contributed by atoms with van der Waals surface area (Å²) in [5, 5.41) is 6.41. The number of aliphatic imine (C=N–C) groups is 1. The van der Waals surface area contributed by atoms with Gasteiger partial charge in [-0.05, 0) is 36.8 Å². The van der Waals surface area contributed by atoms with Crippen molar-refractivity contribution < 1.29 is 17.9 Å². The third kappa shape index (κ3) is 7.50. The van der Waals surface area contributed by atoms with E-state index in [-0.39, 0.29) is 5.75 Å². The van der Waals surface area contributed by atoms with Gasteiger partial charge in [-0.25, -0.2) is 4.99 Å². The lowest BCUT2D eigenvalue weighted by Crippen LogP contribution is -2.38. The Morgan fingerprint density at radius 3 is 2.42 bits per heavy atom. The average Bonchev–Trinajstić information content (AvgIpc) is 3.11. The number of nitrogens with one attached hydrogen (secondary N) is 2. The van der Waals surface area contributed by atoms with Crippen LogP contribution in [-0.2, 0) is 13.1 Å². The maximum atomic E-state index is 12.1. The van der Waals surface area contributed by atoms with Crippen molar-refractivity contribution in [3.8, 4) is 5.75 Å². The van der Waals surface area contributed by atoms with Gasteiger partial charge in [-0.2, -0.15) is 13.2 Å². The van der Waals surface area contributed by atoms with Crippen molar-refractivity contribution in [1.29, 1.82) is 0 Å². The largest absolute Gasteiger partial charge is 0.484 e. The fourth-order valence-electron chi connectivity index (χ4n) is 2.19. The Morgan fingerprint density at radius 2 is 1.81 bits per heavy atom. The lowest BCUT2D eigenvalue weighted by molar-refractivity contribution is -0.153. The van der Waals surface area contributed by atoms with Gasteiger partial charge in [0.2, 0.25) is 0 Å². The number of halogens is 3. The maximum Gasteiger partial charge on any atom is 0.422 e. The number of rotatable bonds is 8. The molecule has 1 aromatic carbocycles. The predicted octanol–water partition coefficient (Wildman–Crippen LogP) is 3.18. The molecule has 0 unspecified atom stereocenters. The molecule has 2 aromatic rings. The summed E-state index contributed by atoms with van der Waals surface area (Å²) < 4.78 is 43.2. The zero-order valence-electron chi connectivity index (χ0n) is 14.6. The van der Waals surface area contributed by atoms with Crippen LogP contribution in [-0.4, -0.2) is 36.4 Å². The van der Waals surface area contributed by atoms with E-state index in [1.165, 1.54) is 12.1 Å². The molecule has 0 saturated heterocycles. The van der Waals surface area contributed by atoms with Crippen molar-refractivity contribution in [3.63, 3.8) is 0 Å². The van der Waals surface area contributed by atoms with Crippen LogP contribution in [0, 0.1) is 0 Å². The first kappa shape index (κ1) is 19.7. The van der Waals surface area contributed by atoms with E-state index < -0.39 is 12.8 Å². The van der Waals surface area contributed by atoms with Crippen molar-refractivity contribution in [2.75, 3.05) is 19.7 Å². The molecule has 0 spiro atoms. The molecule has 0 radical (unpaired) electrons. The zero-order chi connectivity index (χ0) is 18.8. The van der Waals surface area contributed by atoms with Gasteiger partial charge in [-0.1, -0.05) is 12.1 Å². The van der Waals surface area contributed by atoms with Crippen LogP contribution in [0.4, 0.5) is 13.2 Å². The molecule has 0 fully saturated rings. The van der Waals surface area contributed by atoms with Crippen LogP contribution in [0.3, 0.4) is 0 Å². The normalized spacial score (nSPS) is 12.1. The smallest absolute Gasteiger partial charge is 0.422 e. The van der Waals surface area contributed by atoms with Crippen LogP contribution in [0.2, 0.25) is 0 Å². The van der Waals surface area contributed by atoms with Crippen LogP contribution in [0.25, 0.3) is 0 Å². The van der Waals surface area contributed by atoms with Gasteiger partial charge < -0.3 is 19.9 Å². The summed E-state index contributed by atoms with van der Waals surface area (Å²) in [6, 6.07) is 10.4. The minimum atomic E-state index is -4.34. The van der Waals surface area contributed by atoms with Crippen molar-refractivity contribution >= 4 is 5.96 Å². The number of hydrogen-bond donors (Lipinski definition) is 2. The lowest BCUT2D eigenvalue weighted by Gasteiger charge is -2.12. The SMILES string of the molecule is CCNC(=NCc1ccc(OCC(F)(F)F)cc1)NCCn1cccc1. The Bertz CT molecular complexity index is 667. The Balaban J connectivity index is 1.83. The van der Waals surface area contributed by atoms with Crippen LogP contribution in [0.1, 0.15) is 12.5 Å². The number of aromatic nitrogens is 1. The number of guanidine groups is 1. The van der Waals surface area contributed by atoms with Crippen molar-refractivity contribution in [3.05, 3.63) is 54.4 Å². The summed E-state index contributed by atoms with van der Waals surface area (Å²) in [6.07, 6.45) is -0.349. The molecule has 5 nitrogen and oxygen atoms in total. The average molecular weight is 368 g/mol. The molecule has 0 saturated carbocycles. The van der Waals surface area contributed by atoms with Gasteiger partial charge in [0, 0.05) is 32.0 Å². The molecule has 0 bridgehead atoms. The lowest BCUT2D eigenvalue weighted by atomic mass is 10.2. The number of ether oxygens (including phenoxy) is 1.